The fourth-order valence-corrected chi connectivity index (χ4v) is 2.58. The second-order valence-electron chi connectivity index (χ2n) is 3.75. The number of hydrogen-bond donors (Lipinski definition) is 2. The van der Waals surface area contributed by atoms with E-state index >= 15 is 0 Å². The van der Waals surface area contributed by atoms with Crippen LogP contribution in [0, 0.1) is 0 Å². The lowest BCUT2D eigenvalue weighted by molar-refractivity contribution is -0.117. The minimum atomic E-state index is -0.574. The largest absolute Gasteiger partial charge is 0.320 e. The highest BCUT2D eigenvalue weighted by Crippen LogP contribution is 2.23. The predicted molar refractivity (Wildman–Crippen MR) is 76.6 cm³/mol. The quantitative estimate of drug-likeness (QED) is 0.907. The van der Waals surface area contributed by atoms with Crippen LogP contribution in [0.15, 0.2) is 40.3 Å². The molecule has 1 amide bonds. The molecule has 1 heterocycles. The van der Waals surface area contributed by atoms with Crippen molar-refractivity contribution in [3.8, 4) is 0 Å². The molecule has 0 radical (unpaired) electrons. The number of benzene rings is 1. The number of carbonyl (C=O) groups excluding carboxylic acids is 1. The molecule has 1 aromatic carbocycles. The summed E-state index contributed by atoms with van der Waals surface area (Å²) in [5.41, 5.74) is 6.90. The van der Waals surface area contributed by atoms with Gasteiger partial charge in [-0.2, -0.15) is 0 Å². The van der Waals surface area contributed by atoms with Crippen molar-refractivity contribution < 1.29 is 4.79 Å². The molecule has 94 valence electrons. The third kappa shape index (κ3) is 3.63. The van der Waals surface area contributed by atoms with Gasteiger partial charge < -0.3 is 11.1 Å². The zero-order valence-corrected chi connectivity index (χ0v) is 11.9. The molecule has 0 unspecified atom stereocenters. The van der Waals surface area contributed by atoms with Gasteiger partial charge in [0.05, 0.1) is 16.0 Å². The number of carbonyl (C=O) groups is 1. The lowest BCUT2D eigenvalue weighted by Gasteiger charge is -2.10. The Labute approximate surface area is 117 Å². The molecule has 3 N–H and O–H groups in total. The van der Waals surface area contributed by atoms with Crippen LogP contribution >= 0.6 is 27.3 Å². The summed E-state index contributed by atoms with van der Waals surface area (Å²) >= 11 is 4.64. The van der Waals surface area contributed by atoms with Crippen molar-refractivity contribution >= 4 is 38.3 Å². The normalized spacial score (nSPS) is 12.1. The molecule has 0 saturated heterocycles. The van der Waals surface area contributed by atoms with Crippen LogP contribution in [0.25, 0.3) is 0 Å². The van der Waals surface area contributed by atoms with Gasteiger partial charge in [-0.05, 0) is 27.9 Å². The van der Waals surface area contributed by atoms with Crippen LogP contribution in [0.5, 0.6) is 0 Å². The molecule has 18 heavy (non-hydrogen) atoms. The first-order chi connectivity index (χ1) is 8.65. The molecule has 0 aliphatic rings. The van der Waals surface area contributed by atoms with E-state index in [0.717, 1.165) is 9.35 Å². The van der Waals surface area contributed by atoms with Crippen LogP contribution in [0.3, 0.4) is 0 Å². The highest BCUT2D eigenvalue weighted by Gasteiger charge is 2.15. The van der Waals surface area contributed by atoms with Crippen molar-refractivity contribution in [1.29, 1.82) is 0 Å². The Morgan fingerprint density at radius 2 is 2.17 bits per heavy atom. The van der Waals surface area contributed by atoms with Crippen LogP contribution in [-0.2, 0) is 11.2 Å². The fraction of sp³-hybridized carbons (Fsp3) is 0.167. The van der Waals surface area contributed by atoms with Crippen molar-refractivity contribution in [3.05, 3.63) is 45.9 Å². The van der Waals surface area contributed by atoms with Gasteiger partial charge in [0.25, 0.3) is 0 Å². The molecule has 0 fully saturated rings. The molecule has 2 rings (SSSR count). The first-order valence-electron chi connectivity index (χ1n) is 5.37. The Kier molecular flexibility index (Phi) is 4.46. The molecule has 1 atom stereocenters. The number of nitrogens with one attached hydrogen (secondary N) is 1. The first-order valence-corrected chi connectivity index (χ1v) is 6.98. The maximum atomic E-state index is 11.8. The van der Waals surface area contributed by atoms with E-state index in [1.165, 1.54) is 11.3 Å². The van der Waals surface area contributed by atoms with Crippen LogP contribution in [0.4, 0.5) is 5.13 Å². The third-order valence-electron chi connectivity index (χ3n) is 2.34. The molecule has 0 aliphatic heterocycles. The molecular weight excluding hydrogens is 314 g/mol. The Hall–Kier alpha value is -1.24. The topological polar surface area (TPSA) is 68.0 Å². The summed E-state index contributed by atoms with van der Waals surface area (Å²) in [5, 5.41) is 3.25. The number of nitrogens with zero attached hydrogens (tertiary/aromatic N) is 1. The standard InChI is InChI=1S/C12H12BrN3OS/c13-10-7-15-12(18-10)16-11(17)9(14)6-8-4-2-1-3-5-8/h1-5,7,9H,6,14H2,(H,15,16,17)/t9-/m0/s1. The number of hydrogen-bond acceptors (Lipinski definition) is 4. The highest BCUT2D eigenvalue weighted by atomic mass is 79.9. The number of anilines is 1. The minimum absolute atomic E-state index is 0.222. The van der Waals surface area contributed by atoms with Crippen molar-refractivity contribution in [1.82, 2.24) is 4.98 Å². The van der Waals surface area contributed by atoms with Crippen LogP contribution in [-0.4, -0.2) is 16.9 Å². The highest BCUT2D eigenvalue weighted by molar-refractivity contribution is 9.11. The number of rotatable bonds is 4. The second-order valence-corrected chi connectivity index (χ2v) is 6.16. The van der Waals surface area contributed by atoms with Gasteiger partial charge in [-0.25, -0.2) is 4.98 Å². The molecule has 2 aromatic rings. The van der Waals surface area contributed by atoms with E-state index in [0.29, 0.717) is 11.6 Å². The van der Waals surface area contributed by atoms with Gasteiger partial charge in [0.15, 0.2) is 5.13 Å². The molecule has 0 aliphatic carbocycles. The van der Waals surface area contributed by atoms with Gasteiger partial charge >= 0.3 is 0 Å². The van der Waals surface area contributed by atoms with Crippen molar-refractivity contribution in [3.63, 3.8) is 0 Å². The van der Waals surface area contributed by atoms with Gasteiger partial charge in [0.2, 0.25) is 5.91 Å². The van der Waals surface area contributed by atoms with E-state index in [-0.39, 0.29) is 5.91 Å². The monoisotopic (exact) mass is 325 g/mol. The number of aromatic nitrogens is 1. The van der Waals surface area contributed by atoms with Crippen molar-refractivity contribution in [2.24, 2.45) is 5.73 Å². The Balaban J connectivity index is 1.93. The summed E-state index contributed by atoms with van der Waals surface area (Å²) < 4.78 is 0.870. The lowest BCUT2D eigenvalue weighted by Crippen LogP contribution is -2.37. The Bertz CT molecular complexity index is 529. The lowest BCUT2D eigenvalue weighted by atomic mass is 10.1. The minimum Gasteiger partial charge on any atom is -0.320 e. The van der Waals surface area contributed by atoms with Crippen LogP contribution in [0.1, 0.15) is 5.56 Å². The summed E-state index contributed by atoms with van der Waals surface area (Å²) in [4.78, 5) is 15.9. The maximum absolute atomic E-state index is 11.8. The van der Waals surface area contributed by atoms with E-state index in [1.54, 1.807) is 6.20 Å². The first kappa shape index (κ1) is 13.2. The van der Waals surface area contributed by atoms with Gasteiger partial charge in [0.1, 0.15) is 0 Å². The van der Waals surface area contributed by atoms with Gasteiger partial charge in [-0.1, -0.05) is 41.7 Å². The van der Waals surface area contributed by atoms with Gasteiger partial charge in [-0.3, -0.25) is 4.79 Å². The van der Waals surface area contributed by atoms with E-state index in [2.05, 4.69) is 26.2 Å². The summed E-state index contributed by atoms with van der Waals surface area (Å²) in [5.74, 6) is -0.222. The Morgan fingerprint density at radius 1 is 1.44 bits per heavy atom. The number of halogens is 1. The van der Waals surface area contributed by atoms with Gasteiger partial charge in [0, 0.05) is 0 Å². The zero-order chi connectivity index (χ0) is 13.0. The van der Waals surface area contributed by atoms with Gasteiger partial charge in [-0.15, -0.1) is 0 Å². The SMILES string of the molecule is N[C@@H](Cc1ccccc1)C(=O)Nc1ncc(Br)s1. The molecule has 4 nitrogen and oxygen atoms in total. The summed E-state index contributed by atoms with van der Waals surface area (Å²) in [7, 11) is 0. The predicted octanol–water partition coefficient (Wildman–Crippen LogP) is 2.41. The molecule has 1 aromatic heterocycles. The van der Waals surface area contributed by atoms with Crippen molar-refractivity contribution in [2.45, 2.75) is 12.5 Å². The van der Waals surface area contributed by atoms with Crippen LogP contribution in [0.2, 0.25) is 0 Å². The maximum Gasteiger partial charge on any atom is 0.243 e. The van der Waals surface area contributed by atoms with Crippen LogP contribution < -0.4 is 11.1 Å². The molecule has 0 saturated carbocycles. The molecule has 0 spiro atoms. The average Bonchev–Trinajstić information content (AvgIpc) is 2.76. The molecular formula is C12H12BrN3OS. The summed E-state index contributed by atoms with van der Waals surface area (Å²) in [6, 6.07) is 9.12. The van der Waals surface area contributed by atoms with E-state index < -0.39 is 6.04 Å². The summed E-state index contributed by atoms with van der Waals surface area (Å²) in [6.07, 6.45) is 2.15. The molecule has 0 bridgehead atoms. The van der Waals surface area contributed by atoms with E-state index in [1.807, 2.05) is 30.3 Å². The fourth-order valence-electron chi connectivity index (χ4n) is 1.47. The van der Waals surface area contributed by atoms with E-state index in [4.69, 9.17) is 5.73 Å². The average molecular weight is 326 g/mol. The summed E-state index contributed by atoms with van der Waals surface area (Å²) in [6.45, 7) is 0. The Morgan fingerprint density at radius 3 is 2.78 bits per heavy atom. The van der Waals surface area contributed by atoms with Crippen molar-refractivity contribution in [2.75, 3.05) is 5.32 Å². The number of thiazole rings is 1. The zero-order valence-electron chi connectivity index (χ0n) is 9.47. The van der Waals surface area contributed by atoms with E-state index in [9.17, 15) is 4.79 Å². The smallest absolute Gasteiger partial charge is 0.243 e. The number of amides is 1. The number of nitrogens with two attached hydrogens (primary N) is 1. The molecule has 6 heteroatoms. The second kappa shape index (κ2) is 6.08. The third-order valence-corrected chi connectivity index (χ3v) is 3.73.